The number of carbonyl (C=O) groups is 2. The number of esters is 1. The van der Waals surface area contributed by atoms with E-state index >= 15 is 0 Å². The molecule has 14 nitrogen and oxygen atoms in total. The van der Waals surface area contributed by atoms with Gasteiger partial charge in [0.15, 0.2) is 0 Å². The predicted octanol–water partition coefficient (Wildman–Crippen LogP) is 6.09. The van der Waals surface area contributed by atoms with Crippen LogP contribution in [0.15, 0.2) is 138 Å². The lowest BCUT2D eigenvalue weighted by molar-refractivity contribution is -0.164. The van der Waals surface area contributed by atoms with Gasteiger partial charge in [-0.25, -0.2) is 4.79 Å². The van der Waals surface area contributed by atoms with E-state index in [0.29, 0.717) is 56.8 Å². The third-order valence-electron chi connectivity index (χ3n) is 12.3. The molecule has 5 aromatic carbocycles. The minimum Gasteiger partial charge on any atom is -0.506 e. The summed E-state index contributed by atoms with van der Waals surface area (Å²) in [5, 5.41) is 45.0. The van der Waals surface area contributed by atoms with E-state index in [0.717, 1.165) is 38.0 Å². The first-order chi connectivity index (χ1) is 32.0. The molecule has 340 valence electrons. The molecule has 1 aliphatic heterocycles. The molecule has 7 aromatic rings. The summed E-state index contributed by atoms with van der Waals surface area (Å²) in [6.07, 6.45) is 2.65. The zero-order chi connectivity index (χ0) is 46.2. The van der Waals surface area contributed by atoms with Crippen molar-refractivity contribution in [1.82, 2.24) is 30.3 Å². The number of fused-ring (bicyclic) bond motifs is 1. The second-order valence-electron chi connectivity index (χ2n) is 16.8. The second kappa shape index (κ2) is 20.4. The maximum Gasteiger partial charge on any atom is 0.347 e. The van der Waals surface area contributed by atoms with Crippen LogP contribution in [0.1, 0.15) is 62.8 Å². The minimum absolute atomic E-state index is 0.0811. The molecular formula is C52H54N6O8. The molecule has 6 N–H and O–H groups in total. The molecule has 0 saturated carbocycles. The number of aliphatic hydroxyl groups excluding tert-OH is 1. The number of aliphatic hydroxyl groups is 2. The van der Waals surface area contributed by atoms with Crippen molar-refractivity contribution in [2.24, 2.45) is 13.0 Å². The molecule has 66 heavy (non-hydrogen) atoms. The van der Waals surface area contributed by atoms with Crippen LogP contribution < -0.4 is 20.9 Å². The number of nitrogens with zero attached hydrogens (tertiary/aromatic N) is 3. The maximum absolute atomic E-state index is 14.1. The van der Waals surface area contributed by atoms with Gasteiger partial charge in [-0.05, 0) is 84.4 Å². The lowest BCUT2D eigenvalue weighted by atomic mass is 9.85. The Kier molecular flexibility index (Phi) is 14.0. The fourth-order valence-corrected chi connectivity index (χ4v) is 8.65. The number of nitrogens with one attached hydrogen (secondary N) is 3. The van der Waals surface area contributed by atoms with Gasteiger partial charge in [0.25, 0.3) is 5.91 Å². The zero-order valence-electron chi connectivity index (χ0n) is 36.9. The highest BCUT2D eigenvalue weighted by Gasteiger charge is 2.42. The Balaban J connectivity index is 0.912. The summed E-state index contributed by atoms with van der Waals surface area (Å²) in [5.41, 5.74) is 3.45. The molecule has 2 aromatic heterocycles. The van der Waals surface area contributed by atoms with Gasteiger partial charge in [0.2, 0.25) is 11.2 Å². The van der Waals surface area contributed by atoms with E-state index < -0.39 is 17.7 Å². The fraction of sp³-hybridized carbons (Fsp3) is 0.269. The van der Waals surface area contributed by atoms with Crippen LogP contribution in [0.4, 0.5) is 0 Å². The van der Waals surface area contributed by atoms with E-state index in [9.17, 15) is 29.7 Å². The Morgan fingerprint density at radius 2 is 1.64 bits per heavy atom. The standard InChI is InChI=1S/C52H54N6O8/c1-57-32-43(36-12-9-15-40(26-36)52(64,39-13-7-4-8-14-39)51(63)66-33-35-22-24-58(25-23-35)31-34-10-5-3-6-11-34)44(56-57)29-54-50(62)37-16-17-38(47(27-37)65-2)28-53-30-46(60)41-18-20-45(59)49-42(41)19-21-48(61)55-49/h3-21,26-27,32,35,46,53,59-60,64H,22-25,28-31,33H2,1-2H3,(H,54,62)(H,55,61)/t46-,52?/m0/s1. The van der Waals surface area contributed by atoms with E-state index in [1.165, 1.54) is 24.8 Å². The molecule has 2 atom stereocenters. The number of pyridine rings is 1. The summed E-state index contributed by atoms with van der Waals surface area (Å²) in [6, 6.07) is 37.4. The van der Waals surface area contributed by atoms with E-state index in [1.54, 1.807) is 84.5 Å². The topological polar surface area (TPSA) is 191 Å². The molecule has 0 aliphatic carbocycles. The van der Waals surface area contributed by atoms with Crippen molar-refractivity contribution in [2.75, 3.05) is 33.4 Å². The number of amides is 1. The molecule has 14 heteroatoms. The van der Waals surface area contributed by atoms with Crippen molar-refractivity contribution in [2.45, 2.75) is 44.2 Å². The first-order valence-electron chi connectivity index (χ1n) is 22.0. The van der Waals surface area contributed by atoms with Gasteiger partial charge in [-0.15, -0.1) is 0 Å². The van der Waals surface area contributed by atoms with E-state index in [4.69, 9.17) is 9.47 Å². The van der Waals surface area contributed by atoms with Crippen LogP contribution in [0.5, 0.6) is 11.5 Å². The Labute approximate surface area is 382 Å². The average Bonchev–Trinajstić information content (AvgIpc) is 3.73. The number of rotatable bonds is 17. The van der Waals surface area contributed by atoms with Gasteiger partial charge in [-0.3, -0.25) is 19.2 Å². The first-order valence-corrected chi connectivity index (χ1v) is 22.0. The van der Waals surface area contributed by atoms with E-state index in [1.807, 2.05) is 24.4 Å². The summed E-state index contributed by atoms with van der Waals surface area (Å²) >= 11 is 0. The highest BCUT2D eigenvalue weighted by molar-refractivity contribution is 5.95. The third-order valence-corrected chi connectivity index (χ3v) is 12.3. The fourth-order valence-electron chi connectivity index (χ4n) is 8.65. The van der Waals surface area contributed by atoms with Crippen LogP contribution in [-0.4, -0.2) is 80.2 Å². The molecular weight excluding hydrogens is 837 g/mol. The van der Waals surface area contributed by atoms with Crippen molar-refractivity contribution < 1.29 is 34.4 Å². The molecule has 8 rings (SSSR count). The Morgan fingerprint density at radius 1 is 0.894 bits per heavy atom. The minimum atomic E-state index is -2.09. The molecule has 3 heterocycles. The average molecular weight is 891 g/mol. The summed E-state index contributed by atoms with van der Waals surface area (Å²) in [5.74, 6) is -0.530. The highest BCUT2D eigenvalue weighted by Crippen LogP contribution is 2.35. The number of aromatic nitrogens is 3. The van der Waals surface area contributed by atoms with Crippen molar-refractivity contribution in [1.29, 1.82) is 0 Å². The van der Waals surface area contributed by atoms with Crippen molar-refractivity contribution >= 4 is 22.8 Å². The van der Waals surface area contributed by atoms with Crippen LogP contribution in [-0.2, 0) is 41.8 Å². The smallest absolute Gasteiger partial charge is 0.347 e. The van der Waals surface area contributed by atoms with Crippen molar-refractivity contribution in [3.8, 4) is 22.6 Å². The number of aromatic amines is 1. The van der Waals surface area contributed by atoms with Gasteiger partial charge in [0.1, 0.15) is 11.5 Å². The number of hydrogen-bond acceptors (Lipinski definition) is 11. The number of likely N-dealkylation sites (tertiary alicyclic amines) is 1. The lowest BCUT2D eigenvalue weighted by Crippen LogP contribution is -2.40. The zero-order valence-corrected chi connectivity index (χ0v) is 36.9. The second-order valence-corrected chi connectivity index (χ2v) is 16.8. The summed E-state index contributed by atoms with van der Waals surface area (Å²) < 4.78 is 13.3. The van der Waals surface area contributed by atoms with Crippen molar-refractivity contribution in [3.63, 3.8) is 0 Å². The number of hydrogen-bond donors (Lipinski definition) is 6. The number of aromatic hydroxyl groups is 1. The highest BCUT2D eigenvalue weighted by atomic mass is 16.5. The van der Waals surface area contributed by atoms with Crippen LogP contribution in [0, 0.1) is 5.92 Å². The number of phenolic OH excluding ortho intramolecular Hbond substituents is 1. The number of aryl methyl sites for hydroxylation is 1. The number of carbonyl (C=O) groups excluding carboxylic acids is 2. The normalized spacial score (nSPS) is 14.7. The van der Waals surface area contributed by atoms with Crippen LogP contribution in [0.25, 0.3) is 22.0 Å². The number of piperidine rings is 1. The Morgan fingerprint density at radius 3 is 2.39 bits per heavy atom. The summed E-state index contributed by atoms with van der Waals surface area (Å²) in [6.45, 7) is 3.45. The largest absolute Gasteiger partial charge is 0.506 e. The summed E-state index contributed by atoms with van der Waals surface area (Å²) in [4.78, 5) is 44.5. The third kappa shape index (κ3) is 10.2. The molecule has 1 saturated heterocycles. The molecule has 0 bridgehead atoms. The quantitative estimate of drug-likeness (QED) is 0.0581. The van der Waals surface area contributed by atoms with Gasteiger partial charge in [-0.1, -0.05) is 91.0 Å². The van der Waals surface area contributed by atoms with Gasteiger partial charge >= 0.3 is 5.97 Å². The van der Waals surface area contributed by atoms with Crippen LogP contribution in [0.3, 0.4) is 0 Å². The molecule has 1 fully saturated rings. The Bertz CT molecular complexity index is 2860. The first kappa shape index (κ1) is 45.5. The monoisotopic (exact) mass is 890 g/mol. The molecule has 0 spiro atoms. The van der Waals surface area contributed by atoms with E-state index in [2.05, 4.69) is 49.9 Å². The molecule has 1 aliphatic rings. The SMILES string of the molecule is COc1cc(C(=O)NCc2nn(C)cc2-c2cccc(C(O)(C(=O)OCC3CCN(Cc4ccccc4)CC3)c3ccccc3)c2)ccc1CNC[C@H](O)c1ccc(O)c2[nH]c(=O)ccc12. The number of phenols is 1. The van der Waals surface area contributed by atoms with E-state index in [-0.39, 0.29) is 48.3 Å². The number of ether oxygens (including phenoxy) is 2. The number of methoxy groups -OCH3 is 1. The van der Waals surface area contributed by atoms with Crippen LogP contribution in [0.2, 0.25) is 0 Å². The molecule has 1 unspecified atom stereocenters. The van der Waals surface area contributed by atoms with Gasteiger partial charge in [0.05, 0.1) is 37.6 Å². The molecule has 1 amide bonds. The van der Waals surface area contributed by atoms with Gasteiger partial charge < -0.3 is 40.4 Å². The lowest BCUT2D eigenvalue weighted by Gasteiger charge is -2.33. The van der Waals surface area contributed by atoms with Crippen LogP contribution >= 0.6 is 0 Å². The Hall–Kier alpha value is -7.10. The van der Waals surface area contributed by atoms with Gasteiger partial charge in [0, 0.05) is 66.6 Å². The number of benzene rings is 5. The molecule has 0 radical (unpaired) electrons. The maximum atomic E-state index is 14.1. The van der Waals surface area contributed by atoms with Gasteiger partial charge in [-0.2, -0.15) is 5.10 Å². The predicted molar refractivity (Wildman–Crippen MR) is 251 cm³/mol. The summed E-state index contributed by atoms with van der Waals surface area (Å²) in [7, 11) is 3.30. The van der Waals surface area contributed by atoms with Crippen molar-refractivity contribution in [3.05, 3.63) is 183 Å². The number of H-pyrrole nitrogens is 1.